The van der Waals surface area contributed by atoms with Crippen LogP contribution in [-0.2, 0) is 16.1 Å². The fraction of sp³-hybridized carbons (Fsp3) is 0.345. The molecule has 39 heavy (non-hydrogen) atoms. The summed E-state index contributed by atoms with van der Waals surface area (Å²) in [6, 6.07) is 15.8. The highest BCUT2D eigenvalue weighted by molar-refractivity contribution is 8.26. The molecule has 1 aliphatic heterocycles. The highest BCUT2D eigenvalue weighted by Crippen LogP contribution is 2.51. The Morgan fingerprint density at radius 1 is 1.13 bits per heavy atom. The van der Waals surface area contributed by atoms with E-state index in [0.717, 1.165) is 45.4 Å². The second-order valence-electron chi connectivity index (χ2n) is 10.4. The quantitative estimate of drug-likeness (QED) is 0.223. The van der Waals surface area contributed by atoms with Gasteiger partial charge in [-0.2, -0.15) is 4.99 Å². The summed E-state index contributed by atoms with van der Waals surface area (Å²) in [5.41, 5.74) is 10.0. The van der Waals surface area contributed by atoms with Crippen LogP contribution in [0.4, 0.5) is 0 Å². The van der Waals surface area contributed by atoms with Gasteiger partial charge < -0.3 is 15.2 Å². The number of rotatable bonds is 7. The minimum atomic E-state index is -0.997. The first kappa shape index (κ1) is 28.4. The van der Waals surface area contributed by atoms with Crippen LogP contribution in [0.1, 0.15) is 50.5 Å². The number of aryl methyl sites for hydroxylation is 1. The molecule has 4 rings (SSSR count). The van der Waals surface area contributed by atoms with Crippen LogP contribution in [0, 0.1) is 17.7 Å². The number of aliphatic imine (C=N–C) groups is 1. The van der Waals surface area contributed by atoms with Crippen LogP contribution in [0.3, 0.4) is 0 Å². The monoisotopic (exact) mass is 548 g/mol. The van der Waals surface area contributed by atoms with Crippen molar-refractivity contribution in [3.63, 3.8) is 0 Å². The minimum Gasteiger partial charge on any atom is -0.420 e. The van der Waals surface area contributed by atoms with Gasteiger partial charge in [-0.1, -0.05) is 50.2 Å². The number of amidine groups is 1. The summed E-state index contributed by atoms with van der Waals surface area (Å²) < 4.78 is 11.9. The van der Waals surface area contributed by atoms with Gasteiger partial charge in [-0.05, 0) is 57.4 Å². The van der Waals surface area contributed by atoms with Crippen LogP contribution in [0.5, 0.6) is 11.8 Å². The van der Waals surface area contributed by atoms with Crippen molar-refractivity contribution in [1.82, 2.24) is 14.9 Å². The molecule has 2 aromatic heterocycles. The highest BCUT2D eigenvalue weighted by atomic mass is 32.2. The first-order valence-corrected chi connectivity index (χ1v) is 13.4. The molecule has 9 nitrogen and oxygen atoms in total. The van der Waals surface area contributed by atoms with E-state index >= 15 is 0 Å². The van der Waals surface area contributed by atoms with Crippen LogP contribution >= 0.6 is 11.8 Å². The predicted molar refractivity (Wildman–Crippen MR) is 157 cm³/mol. The normalized spacial score (nSPS) is 14.9. The van der Waals surface area contributed by atoms with Gasteiger partial charge in [-0.15, -0.1) is 0 Å². The van der Waals surface area contributed by atoms with Gasteiger partial charge in [-0.3, -0.25) is 15.1 Å². The van der Waals surface area contributed by atoms with Gasteiger partial charge in [0.1, 0.15) is 0 Å². The van der Waals surface area contributed by atoms with Crippen molar-refractivity contribution < 1.29 is 15.7 Å². The second kappa shape index (κ2) is 11.6. The molecule has 0 spiro atoms. The van der Waals surface area contributed by atoms with E-state index < -0.39 is 17.2 Å². The lowest BCUT2D eigenvalue weighted by atomic mass is 9.70. The predicted octanol–water partition coefficient (Wildman–Crippen LogP) is 5.57. The number of hydrogen-bond acceptors (Lipinski definition) is 8. The van der Waals surface area contributed by atoms with E-state index in [4.69, 9.17) is 25.6 Å². The number of benzene rings is 1. The first-order valence-electron chi connectivity index (χ1n) is 12.6. The standard InChI is InChI=1S/C29H34N6O3S.H2/c1-17-7-12-21-24(29(3,4)27(36)34-28(31)39-18(2)30)22-13-14-23(33-26(22)38-25(21)32-17)20-10-8-19(9-11-20)15-37-16-35(5)6;/h7-14,24,30H,15-16H2,1-6H3,(H2,31,34,36);1H/t24-;/m0./s1. The fourth-order valence-electron chi connectivity index (χ4n) is 4.46. The second-order valence-corrected chi connectivity index (χ2v) is 11.6. The Morgan fingerprint density at radius 3 is 2.41 bits per heavy atom. The molecule has 0 fully saturated rings. The Hall–Kier alpha value is -3.60. The molecule has 1 atom stereocenters. The molecular weight excluding hydrogens is 512 g/mol. The van der Waals surface area contributed by atoms with E-state index in [1.54, 1.807) is 6.92 Å². The zero-order valence-electron chi connectivity index (χ0n) is 23.1. The van der Waals surface area contributed by atoms with E-state index in [1.807, 2.05) is 88.3 Å². The van der Waals surface area contributed by atoms with Crippen molar-refractivity contribution in [3.05, 3.63) is 70.9 Å². The summed E-state index contributed by atoms with van der Waals surface area (Å²) in [6.45, 7) is 8.23. The summed E-state index contributed by atoms with van der Waals surface area (Å²) in [5, 5.41) is 7.93. The van der Waals surface area contributed by atoms with Crippen LogP contribution in [0.2, 0.25) is 0 Å². The zero-order valence-corrected chi connectivity index (χ0v) is 23.9. The maximum Gasteiger partial charge on any atom is 0.254 e. The third kappa shape index (κ3) is 6.52. The lowest BCUT2D eigenvalue weighted by Gasteiger charge is -2.36. The van der Waals surface area contributed by atoms with Crippen molar-refractivity contribution in [2.45, 2.75) is 40.2 Å². The van der Waals surface area contributed by atoms with Crippen molar-refractivity contribution >= 4 is 27.9 Å². The smallest absolute Gasteiger partial charge is 0.254 e. The molecule has 1 aliphatic rings. The summed E-state index contributed by atoms with van der Waals surface area (Å²) in [7, 11) is 3.93. The van der Waals surface area contributed by atoms with Crippen molar-refractivity contribution in [3.8, 4) is 23.0 Å². The van der Waals surface area contributed by atoms with E-state index in [-0.39, 0.29) is 11.6 Å². The molecule has 3 aromatic rings. The van der Waals surface area contributed by atoms with E-state index in [2.05, 4.69) is 9.98 Å². The Kier molecular flexibility index (Phi) is 8.48. The number of nitrogens with zero attached hydrogens (tertiary/aromatic N) is 4. The molecule has 3 N–H and O–H groups in total. The maximum atomic E-state index is 13.4. The van der Waals surface area contributed by atoms with Gasteiger partial charge in [0.25, 0.3) is 5.91 Å². The van der Waals surface area contributed by atoms with Crippen LogP contribution in [0.15, 0.2) is 53.5 Å². The largest absolute Gasteiger partial charge is 0.420 e. The number of aromatic nitrogens is 2. The van der Waals surface area contributed by atoms with Gasteiger partial charge in [0.05, 0.1) is 29.5 Å². The van der Waals surface area contributed by atoms with Gasteiger partial charge in [0.2, 0.25) is 11.8 Å². The summed E-state index contributed by atoms with van der Waals surface area (Å²) in [5.74, 6) is 0.0173. The van der Waals surface area contributed by atoms with Crippen molar-refractivity contribution in [2.75, 3.05) is 20.8 Å². The molecule has 0 saturated carbocycles. The van der Waals surface area contributed by atoms with Gasteiger partial charge in [0, 0.05) is 29.7 Å². The molecule has 10 heteroatoms. The molecule has 0 radical (unpaired) electrons. The Balaban J connectivity index is 0.00000441. The fourth-order valence-corrected chi connectivity index (χ4v) is 4.90. The maximum absolute atomic E-state index is 13.4. The van der Waals surface area contributed by atoms with Crippen LogP contribution < -0.4 is 10.5 Å². The molecule has 1 amide bonds. The third-order valence-electron chi connectivity index (χ3n) is 6.34. The minimum absolute atomic E-state index is 0. The molecule has 0 aliphatic carbocycles. The first-order chi connectivity index (χ1) is 18.5. The van der Waals surface area contributed by atoms with E-state index in [0.29, 0.717) is 25.1 Å². The number of amides is 1. The summed E-state index contributed by atoms with van der Waals surface area (Å²) in [4.78, 5) is 29.0. The molecule has 0 bridgehead atoms. The van der Waals surface area contributed by atoms with Crippen molar-refractivity contribution in [1.29, 1.82) is 5.41 Å². The number of thioether (sulfide) groups is 1. The number of carbonyl (C=O) groups is 1. The summed E-state index contributed by atoms with van der Waals surface area (Å²) >= 11 is 0.956. The zero-order chi connectivity index (χ0) is 28.3. The van der Waals surface area contributed by atoms with E-state index in [1.165, 1.54) is 0 Å². The van der Waals surface area contributed by atoms with E-state index in [9.17, 15) is 4.79 Å². The average molecular weight is 549 g/mol. The Labute approximate surface area is 234 Å². The number of pyridine rings is 2. The Bertz CT molecular complexity index is 1430. The van der Waals surface area contributed by atoms with Gasteiger partial charge in [0.15, 0.2) is 5.17 Å². The molecule has 0 saturated heterocycles. The number of hydrogen-bond donors (Lipinski definition) is 2. The molecular formula is C29H36N6O3S. The lowest BCUT2D eigenvalue weighted by Crippen LogP contribution is -2.34. The number of ether oxygens (including phenoxy) is 2. The summed E-state index contributed by atoms with van der Waals surface area (Å²) in [6.07, 6.45) is 0. The highest BCUT2D eigenvalue weighted by Gasteiger charge is 2.44. The number of fused-ring (bicyclic) bond motifs is 2. The topological polar surface area (TPSA) is 127 Å². The van der Waals surface area contributed by atoms with Gasteiger partial charge >= 0.3 is 0 Å². The SMILES string of the molecule is CC(=N)SC(N)=NC(=O)C(C)(C)[C@H]1c2ccc(C)nc2Oc2nc(-c3ccc(COCN(C)C)cc3)ccc21.[HH]. The number of nitrogens with two attached hydrogens (primary N) is 1. The van der Waals surface area contributed by atoms with Gasteiger partial charge in [-0.25, -0.2) is 9.97 Å². The third-order valence-corrected chi connectivity index (χ3v) is 6.95. The Morgan fingerprint density at radius 2 is 1.77 bits per heavy atom. The van der Waals surface area contributed by atoms with Crippen molar-refractivity contribution in [2.24, 2.45) is 16.1 Å². The average Bonchev–Trinajstić information content (AvgIpc) is 2.86. The van der Waals surface area contributed by atoms with Crippen LogP contribution in [-0.4, -0.2) is 51.8 Å². The van der Waals surface area contributed by atoms with Crippen LogP contribution in [0.25, 0.3) is 11.3 Å². The molecule has 1 aromatic carbocycles. The lowest BCUT2D eigenvalue weighted by molar-refractivity contribution is -0.126. The number of nitrogens with one attached hydrogen (secondary N) is 1. The molecule has 3 heterocycles. The molecule has 0 unspecified atom stereocenters. The molecule has 206 valence electrons. The number of carbonyl (C=O) groups excluding carboxylic acids is 1.